The Labute approximate surface area is 105 Å². The van der Waals surface area contributed by atoms with Crippen LogP contribution < -0.4 is 5.32 Å². The predicted molar refractivity (Wildman–Crippen MR) is 67.2 cm³/mol. The Morgan fingerprint density at radius 2 is 2.29 bits per heavy atom. The first kappa shape index (κ1) is 13.7. The van der Waals surface area contributed by atoms with E-state index in [4.69, 9.17) is 4.74 Å². The van der Waals surface area contributed by atoms with Crippen molar-refractivity contribution in [2.45, 2.75) is 38.8 Å². The van der Waals surface area contributed by atoms with E-state index >= 15 is 0 Å². The number of aldehydes is 1. The first-order chi connectivity index (χ1) is 7.90. The summed E-state index contributed by atoms with van der Waals surface area (Å²) in [5.41, 5.74) is -0.555. The fourth-order valence-electron chi connectivity index (χ4n) is 1.24. The molecule has 0 spiro atoms. The fourth-order valence-corrected chi connectivity index (χ4v) is 2.00. The molecule has 0 fully saturated rings. The van der Waals surface area contributed by atoms with Crippen molar-refractivity contribution < 1.29 is 14.3 Å². The van der Waals surface area contributed by atoms with Crippen LogP contribution in [-0.2, 0) is 16.0 Å². The normalized spacial score (nSPS) is 12.9. The zero-order valence-corrected chi connectivity index (χ0v) is 11.0. The molecule has 1 aromatic rings. The number of ether oxygens (including phenoxy) is 1. The van der Waals surface area contributed by atoms with Gasteiger partial charge in [0.15, 0.2) is 0 Å². The molecule has 1 amide bonds. The molecule has 1 rings (SSSR count). The molecule has 0 aliphatic heterocycles. The lowest BCUT2D eigenvalue weighted by Crippen LogP contribution is -2.41. The van der Waals surface area contributed by atoms with E-state index in [-0.39, 0.29) is 0 Å². The number of nitrogens with one attached hydrogen (secondary N) is 1. The number of carbonyl (C=O) groups is 2. The molecule has 5 heteroatoms. The Hall–Kier alpha value is -1.36. The minimum atomic E-state index is -0.564. The predicted octanol–water partition coefficient (Wildman–Crippen LogP) is 2.38. The van der Waals surface area contributed by atoms with Crippen molar-refractivity contribution in [3.63, 3.8) is 0 Å². The maximum Gasteiger partial charge on any atom is 0.408 e. The van der Waals surface area contributed by atoms with Gasteiger partial charge in [0.05, 0.1) is 6.04 Å². The van der Waals surface area contributed by atoms with E-state index in [0.717, 1.165) is 11.2 Å². The highest BCUT2D eigenvalue weighted by Crippen LogP contribution is 2.11. The molecule has 1 atom stereocenters. The van der Waals surface area contributed by atoms with Crippen LogP contribution >= 0.6 is 11.3 Å². The highest BCUT2D eigenvalue weighted by molar-refractivity contribution is 7.09. The molecule has 17 heavy (non-hydrogen) atoms. The molecule has 0 saturated heterocycles. The van der Waals surface area contributed by atoms with Crippen LogP contribution in [0.15, 0.2) is 17.5 Å². The van der Waals surface area contributed by atoms with E-state index in [1.807, 2.05) is 17.5 Å². The van der Waals surface area contributed by atoms with Crippen molar-refractivity contribution >= 4 is 23.7 Å². The van der Waals surface area contributed by atoms with Crippen LogP contribution in [0.4, 0.5) is 4.79 Å². The molecule has 4 nitrogen and oxygen atoms in total. The molecule has 1 aromatic heterocycles. The third-order valence-electron chi connectivity index (χ3n) is 1.87. The van der Waals surface area contributed by atoms with Gasteiger partial charge in [-0.2, -0.15) is 0 Å². The quantitative estimate of drug-likeness (QED) is 0.840. The number of rotatable bonds is 4. The average Bonchev–Trinajstić information content (AvgIpc) is 2.66. The molecule has 0 saturated carbocycles. The van der Waals surface area contributed by atoms with E-state index < -0.39 is 17.7 Å². The first-order valence-electron chi connectivity index (χ1n) is 5.38. The topological polar surface area (TPSA) is 55.4 Å². The Morgan fingerprint density at radius 1 is 1.59 bits per heavy atom. The number of hydrogen-bond donors (Lipinski definition) is 1. The van der Waals surface area contributed by atoms with Gasteiger partial charge in [-0.25, -0.2) is 4.79 Å². The lowest BCUT2D eigenvalue weighted by atomic mass is 10.2. The van der Waals surface area contributed by atoms with Crippen molar-refractivity contribution in [3.8, 4) is 0 Å². The minimum Gasteiger partial charge on any atom is -0.444 e. The molecule has 94 valence electrons. The second-order valence-corrected chi connectivity index (χ2v) is 5.70. The summed E-state index contributed by atoms with van der Waals surface area (Å²) >= 11 is 1.56. The van der Waals surface area contributed by atoms with Crippen LogP contribution in [0.1, 0.15) is 25.6 Å². The number of alkyl carbamates (subject to hydrolysis) is 1. The van der Waals surface area contributed by atoms with Crippen LogP contribution in [0.5, 0.6) is 0 Å². The molecular formula is C12H17NO3S. The lowest BCUT2D eigenvalue weighted by Gasteiger charge is -2.21. The monoisotopic (exact) mass is 255 g/mol. The molecule has 1 N–H and O–H groups in total. The molecule has 0 radical (unpaired) electrons. The first-order valence-corrected chi connectivity index (χ1v) is 6.26. The molecular weight excluding hydrogens is 238 g/mol. The van der Waals surface area contributed by atoms with Gasteiger partial charge in [0, 0.05) is 11.3 Å². The fraction of sp³-hybridized carbons (Fsp3) is 0.500. The van der Waals surface area contributed by atoms with Crippen molar-refractivity contribution in [1.82, 2.24) is 5.32 Å². The summed E-state index contributed by atoms with van der Waals surface area (Å²) in [6.45, 7) is 5.34. The highest BCUT2D eigenvalue weighted by Gasteiger charge is 2.19. The molecule has 0 aliphatic rings. The van der Waals surface area contributed by atoms with E-state index in [1.54, 1.807) is 32.1 Å². The van der Waals surface area contributed by atoms with Gasteiger partial charge in [0.1, 0.15) is 11.9 Å². The molecule has 0 aliphatic carbocycles. The summed E-state index contributed by atoms with van der Waals surface area (Å²) in [6.07, 6.45) is 0.662. The average molecular weight is 255 g/mol. The largest absolute Gasteiger partial charge is 0.444 e. The summed E-state index contributed by atoms with van der Waals surface area (Å²) in [5, 5.41) is 4.47. The third-order valence-corrected chi connectivity index (χ3v) is 2.77. The van der Waals surface area contributed by atoms with Gasteiger partial charge < -0.3 is 14.8 Å². The Bertz CT molecular complexity index is 368. The summed E-state index contributed by atoms with van der Waals surface area (Å²) in [5.74, 6) is 0. The van der Waals surface area contributed by atoms with Gasteiger partial charge in [0.25, 0.3) is 0 Å². The number of hydrogen-bond acceptors (Lipinski definition) is 4. The molecule has 1 heterocycles. The van der Waals surface area contributed by atoms with Crippen molar-refractivity contribution in [2.75, 3.05) is 0 Å². The van der Waals surface area contributed by atoms with Gasteiger partial charge in [-0.15, -0.1) is 11.3 Å². The number of amides is 1. The summed E-state index contributed by atoms with van der Waals surface area (Å²) in [4.78, 5) is 23.4. The molecule has 0 aromatic carbocycles. The standard InChI is InChI=1S/C12H17NO3S/c1-12(2,3)16-11(15)13-9(8-14)7-10-5-4-6-17-10/h4-6,8-9H,7H2,1-3H3,(H,13,15)/t9-/m0/s1. The van der Waals surface area contributed by atoms with Gasteiger partial charge in [-0.3, -0.25) is 0 Å². The van der Waals surface area contributed by atoms with E-state index in [9.17, 15) is 9.59 Å². The van der Waals surface area contributed by atoms with Crippen LogP contribution in [0.3, 0.4) is 0 Å². The number of carbonyl (C=O) groups excluding carboxylic acids is 2. The zero-order valence-electron chi connectivity index (χ0n) is 10.2. The maximum absolute atomic E-state index is 11.5. The smallest absolute Gasteiger partial charge is 0.408 e. The SMILES string of the molecule is CC(C)(C)OC(=O)N[C@H](C=O)Cc1cccs1. The van der Waals surface area contributed by atoms with E-state index in [1.165, 1.54) is 0 Å². The second kappa shape index (κ2) is 5.82. The lowest BCUT2D eigenvalue weighted by molar-refractivity contribution is -0.109. The molecule has 0 bridgehead atoms. The van der Waals surface area contributed by atoms with Crippen LogP contribution in [-0.4, -0.2) is 24.0 Å². The van der Waals surface area contributed by atoms with Crippen LogP contribution in [0, 0.1) is 0 Å². The van der Waals surface area contributed by atoms with Crippen molar-refractivity contribution in [1.29, 1.82) is 0 Å². The van der Waals surface area contributed by atoms with Gasteiger partial charge in [-0.05, 0) is 32.2 Å². The maximum atomic E-state index is 11.5. The zero-order chi connectivity index (χ0) is 12.9. The van der Waals surface area contributed by atoms with Crippen LogP contribution in [0.25, 0.3) is 0 Å². The Balaban J connectivity index is 2.47. The van der Waals surface area contributed by atoms with Crippen molar-refractivity contribution in [3.05, 3.63) is 22.4 Å². The van der Waals surface area contributed by atoms with E-state index in [2.05, 4.69) is 5.32 Å². The highest BCUT2D eigenvalue weighted by atomic mass is 32.1. The van der Waals surface area contributed by atoms with Crippen molar-refractivity contribution in [2.24, 2.45) is 0 Å². The third kappa shape index (κ3) is 5.49. The number of thiophene rings is 1. The van der Waals surface area contributed by atoms with Gasteiger partial charge in [0.2, 0.25) is 0 Å². The van der Waals surface area contributed by atoms with Crippen LogP contribution in [0.2, 0.25) is 0 Å². The van der Waals surface area contributed by atoms with E-state index in [0.29, 0.717) is 6.42 Å². The summed E-state index contributed by atoms with van der Waals surface area (Å²) in [7, 11) is 0. The van der Waals surface area contributed by atoms with Gasteiger partial charge >= 0.3 is 6.09 Å². The summed E-state index contributed by atoms with van der Waals surface area (Å²) in [6, 6.07) is 3.30. The van der Waals surface area contributed by atoms with Gasteiger partial charge in [-0.1, -0.05) is 6.07 Å². The summed E-state index contributed by atoms with van der Waals surface area (Å²) < 4.78 is 5.08. The molecule has 0 unspecified atom stereocenters. The minimum absolute atomic E-state index is 0.500. The second-order valence-electron chi connectivity index (χ2n) is 4.67. The Kier molecular flexibility index (Phi) is 4.69. The Morgan fingerprint density at radius 3 is 2.76 bits per heavy atom.